The van der Waals surface area contributed by atoms with Gasteiger partial charge in [0, 0.05) is 17.0 Å². The summed E-state index contributed by atoms with van der Waals surface area (Å²) in [4.78, 5) is 3.93. The summed E-state index contributed by atoms with van der Waals surface area (Å²) in [5.41, 5.74) is 3.96. The molecule has 0 aliphatic rings. The topological polar surface area (TPSA) is 53.4 Å². The van der Waals surface area contributed by atoms with E-state index < -0.39 is 0 Å². The lowest BCUT2D eigenvalue weighted by molar-refractivity contribution is 0.452. The maximum Gasteiger partial charge on any atom is 0.152 e. The monoisotopic (exact) mass is 192 g/mol. The molecule has 2 rings (SSSR count). The van der Waals surface area contributed by atoms with Gasteiger partial charge in [-0.3, -0.25) is 0 Å². The number of benzene rings is 1. The predicted octanol–water partition coefficient (Wildman–Crippen LogP) is 2.02. The molecule has 0 spiro atoms. The van der Waals surface area contributed by atoms with Crippen LogP contribution in [0.15, 0.2) is 23.6 Å². The Hall–Kier alpha value is -1.55. The lowest BCUT2D eigenvalue weighted by Gasteiger charge is -2.00. The predicted molar refractivity (Wildman–Crippen MR) is 49.7 cm³/mol. The Morgan fingerprint density at radius 1 is 1.31 bits per heavy atom. The van der Waals surface area contributed by atoms with E-state index in [-0.39, 0.29) is 11.5 Å². The fourth-order valence-corrected chi connectivity index (χ4v) is 1.54. The molecule has 2 aromatic rings. The Morgan fingerprint density at radius 3 is 2.77 bits per heavy atom. The van der Waals surface area contributed by atoms with E-state index in [1.807, 2.05) is 0 Å². The van der Waals surface area contributed by atoms with Gasteiger partial charge in [-0.2, -0.15) is 0 Å². The van der Waals surface area contributed by atoms with Gasteiger partial charge in [0.1, 0.15) is 11.5 Å². The van der Waals surface area contributed by atoms with E-state index in [0.717, 1.165) is 0 Å². The molecule has 1 radical (unpaired) electrons. The molecule has 0 amide bonds. The number of aromatic nitrogens is 1. The van der Waals surface area contributed by atoms with Gasteiger partial charge >= 0.3 is 0 Å². The summed E-state index contributed by atoms with van der Waals surface area (Å²) in [5, 5.41) is 20.3. The first-order valence-electron chi connectivity index (χ1n) is 3.61. The molecule has 0 fully saturated rings. The molecule has 1 aromatic carbocycles. The van der Waals surface area contributed by atoms with Crippen molar-refractivity contribution >= 4 is 11.3 Å². The summed E-state index contributed by atoms with van der Waals surface area (Å²) >= 11 is 1.34. The van der Waals surface area contributed by atoms with E-state index in [1.54, 1.807) is 11.4 Å². The molecule has 0 saturated carbocycles. The first kappa shape index (κ1) is 8.07. The van der Waals surface area contributed by atoms with Gasteiger partial charge < -0.3 is 10.2 Å². The Bertz CT molecular complexity index is 412. The first-order chi connectivity index (χ1) is 6.27. The van der Waals surface area contributed by atoms with Crippen LogP contribution in [0, 0.1) is 5.51 Å². The third-order valence-corrected chi connectivity index (χ3v) is 2.18. The van der Waals surface area contributed by atoms with E-state index in [1.165, 1.54) is 23.5 Å². The van der Waals surface area contributed by atoms with E-state index in [2.05, 4.69) is 10.5 Å². The highest BCUT2D eigenvalue weighted by atomic mass is 32.1. The van der Waals surface area contributed by atoms with Crippen molar-refractivity contribution in [3.63, 3.8) is 0 Å². The number of thiazole rings is 1. The molecule has 0 aliphatic heterocycles. The van der Waals surface area contributed by atoms with Crippen LogP contribution >= 0.6 is 11.3 Å². The zero-order chi connectivity index (χ0) is 9.26. The van der Waals surface area contributed by atoms with Gasteiger partial charge in [-0.15, -0.1) is 11.3 Å². The maximum absolute atomic E-state index is 9.45. The SMILES string of the molecule is Oc1ccc(-c2cs[c]n2)c(O)c1. The molecule has 2 N–H and O–H groups in total. The quantitative estimate of drug-likeness (QED) is 0.726. The van der Waals surface area contributed by atoms with Crippen LogP contribution < -0.4 is 0 Å². The van der Waals surface area contributed by atoms with Gasteiger partial charge in [0.15, 0.2) is 5.51 Å². The van der Waals surface area contributed by atoms with Crippen molar-refractivity contribution in [1.29, 1.82) is 0 Å². The third kappa shape index (κ3) is 1.48. The zero-order valence-electron chi connectivity index (χ0n) is 6.56. The summed E-state index contributed by atoms with van der Waals surface area (Å²) in [6, 6.07) is 4.41. The normalized spacial score (nSPS) is 10.2. The Balaban J connectivity index is 2.53. The lowest BCUT2D eigenvalue weighted by Crippen LogP contribution is -1.77. The number of phenolic OH excluding ortho intramolecular Hbond substituents is 2. The second kappa shape index (κ2) is 3.06. The van der Waals surface area contributed by atoms with Crippen LogP contribution in [0.2, 0.25) is 0 Å². The van der Waals surface area contributed by atoms with E-state index in [9.17, 15) is 5.11 Å². The first-order valence-corrected chi connectivity index (χ1v) is 4.49. The van der Waals surface area contributed by atoms with Crippen LogP contribution in [0.5, 0.6) is 11.5 Å². The third-order valence-electron chi connectivity index (χ3n) is 1.65. The molecule has 0 aliphatic carbocycles. The summed E-state index contributed by atoms with van der Waals surface area (Å²) in [7, 11) is 0. The number of nitrogens with zero attached hydrogens (tertiary/aromatic N) is 1. The van der Waals surface area contributed by atoms with E-state index in [0.29, 0.717) is 11.3 Å². The highest BCUT2D eigenvalue weighted by molar-refractivity contribution is 7.07. The average molecular weight is 192 g/mol. The molecule has 1 heterocycles. The number of hydrogen-bond donors (Lipinski definition) is 2. The van der Waals surface area contributed by atoms with Crippen molar-refractivity contribution in [2.24, 2.45) is 0 Å². The average Bonchev–Trinajstić information content (AvgIpc) is 2.56. The van der Waals surface area contributed by atoms with Crippen molar-refractivity contribution < 1.29 is 10.2 Å². The summed E-state index contributed by atoms with van der Waals surface area (Å²) < 4.78 is 0. The molecule has 65 valence electrons. The van der Waals surface area contributed by atoms with Crippen LogP contribution in [-0.4, -0.2) is 15.2 Å². The summed E-state index contributed by atoms with van der Waals surface area (Å²) in [6.45, 7) is 0. The zero-order valence-corrected chi connectivity index (χ0v) is 7.38. The van der Waals surface area contributed by atoms with Gasteiger partial charge in [0.2, 0.25) is 0 Å². The second-order valence-electron chi connectivity index (χ2n) is 2.53. The van der Waals surface area contributed by atoms with Crippen LogP contribution in [-0.2, 0) is 0 Å². The van der Waals surface area contributed by atoms with Crippen LogP contribution in [0.25, 0.3) is 11.3 Å². The Kier molecular flexibility index (Phi) is 1.90. The highest BCUT2D eigenvalue weighted by Crippen LogP contribution is 2.31. The largest absolute Gasteiger partial charge is 0.508 e. The molecule has 4 heteroatoms. The standard InChI is InChI=1S/C9H6NO2S/c11-6-1-2-7(9(12)3-6)8-4-13-5-10-8/h1-4,11-12H. The van der Waals surface area contributed by atoms with Crippen molar-refractivity contribution in [1.82, 2.24) is 4.98 Å². The number of phenols is 2. The number of rotatable bonds is 1. The molecule has 13 heavy (non-hydrogen) atoms. The molecule has 0 unspecified atom stereocenters. The maximum atomic E-state index is 9.45. The van der Waals surface area contributed by atoms with Crippen LogP contribution in [0.4, 0.5) is 0 Å². The fourth-order valence-electron chi connectivity index (χ4n) is 1.04. The summed E-state index contributed by atoms with van der Waals surface area (Å²) in [6.07, 6.45) is 0. The van der Waals surface area contributed by atoms with Crippen LogP contribution in [0.1, 0.15) is 0 Å². The summed E-state index contributed by atoms with van der Waals surface area (Å²) in [5.74, 6) is 0.0692. The minimum Gasteiger partial charge on any atom is -0.508 e. The smallest absolute Gasteiger partial charge is 0.152 e. The Labute approximate surface area is 78.9 Å². The van der Waals surface area contributed by atoms with Gasteiger partial charge in [-0.1, -0.05) is 0 Å². The number of hydrogen-bond acceptors (Lipinski definition) is 4. The van der Waals surface area contributed by atoms with Crippen molar-refractivity contribution in [2.45, 2.75) is 0 Å². The van der Waals surface area contributed by atoms with Gasteiger partial charge in [0.25, 0.3) is 0 Å². The van der Waals surface area contributed by atoms with Gasteiger partial charge in [-0.25, -0.2) is 4.98 Å². The second-order valence-corrected chi connectivity index (χ2v) is 3.18. The minimum atomic E-state index is 0.0271. The molecule has 0 atom stereocenters. The lowest BCUT2D eigenvalue weighted by atomic mass is 10.1. The fraction of sp³-hybridized carbons (Fsp3) is 0. The van der Waals surface area contributed by atoms with Crippen molar-refractivity contribution in [2.75, 3.05) is 0 Å². The molecule has 0 bridgehead atoms. The molecular weight excluding hydrogens is 186 g/mol. The molecule has 0 saturated heterocycles. The minimum absolute atomic E-state index is 0.0271. The van der Waals surface area contributed by atoms with Gasteiger partial charge in [-0.05, 0) is 12.1 Å². The van der Waals surface area contributed by atoms with E-state index in [4.69, 9.17) is 5.11 Å². The van der Waals surface area contributed by atoms with Crippen molar-refractivity contribution in [3.8, 4) is 22.8 Å². The van der Waals surface area contributed by atoms with Gasteiger partial charge in [0.05, 0.1) is 5.69 Å². The number of aromatic hydroxyl groups is 2. The molecule has 3 nitrogen and oxygen atoms in total. The highest BCUT2D eigenvalue weighted by Gasteiger charge is 2.06. The van der Waals surface area contributed by atoms with Crippen LogP contribution in [0.3, 0.4) is 0 Å². The Morgan fingerprint density at radius 2 is 2.15 bits per heavy atom. The molecular formula is C9H6NO2S. The molecule has 1 aromatic heterocycles. The van der Waals surface area contributed by atoms with E-state index >= 15 is 0 Å². The van der Waals surface area contributed by atoms with Crippen molar-refractivity contribution in [3.05, 3.63) is 29.1 Å².